The Morgan fingerprint density at radius 2 is 2.22 bits per heavy atom. The lowest BCUT2D eigenvalue weighted by atomic mass is 10.0. The number of hydrogen-bond acceptors (Lipinski definition) is 3. The topological polar surface area (TPSA) is 29.3 Å². The van der Waals surface area contributed by atoms with Crippen LogP contribution in [-0.4, -0.2) is 22.0 Å². The third kappa shape index (κ3) is 1.72. The molecule has 2 bridgehead atoms. The first-order chi connectivity index (χ1) is 8.90. The summed E-state index contributed by atoms with van der Waals surface area (Å²) in [6.45, 7) is 0.909. The van der Waals surface area contributed by atoms with Crippen molar-refractivity contribution in [1.82, 2.24) is 9.88 Å². The second kappa shape index (κ2) is 4.23. The SMILES string of the molecule is C1=CC2CCC(C1)N2Cc1nc2c(o1)CCCC2. The van der Waals surface area contributed by atoms with Crippen LogP contribution in [0, 0.1) is 0 Å². The van der Waals surface area contributed by atoms with Crippen molar-refractivity contribution in [2.24, 2.45) is 0 Å². The summed E-state index contributed by atoms with van der Waals surface area (Å²) in [5, 5.41) is 0. The van der Waals surface area contributed by atoms with Gasteiger partial charge >= 0.3 is 0 Å². The minimum absolute atomic E-state index is 0.632. The van der Waals surface area contributed by atoms with Gasteiger partial charge in [0, 0.05) is 18.5 Å². The molecule has 3 heterocycles. The van der Waals surface area contributed by atoms with Crippen molar-refractivity contribution in [3.63, 3.8) is 0 Å². The fraction of sp³-hybridized carbons (Fsp3) is 0.667. The predicted octanol–water partition coefficient (Wildman–Crippen LogP) is 2.85. The van der Waals surface area contributed by atoms with E-state index in [1.54, 1.807) is 0 Å². The van der Waals surface area contributed by atoms with Gasteiger partial charge in [-0.25, -0.2) is 4.98 Å². The molecule has 1 saturated heterocycles. The zero-order valence-electron chi connectivity index (χ0n) is 10.8. The summed E-state index contributed by atoms with van der Waals surface area (Å²) in [5.41, 5.74) is 1.23. The number of oxazole rings is 1. The summed E-state index contributed by atoms with van der Waals surface area (Å²) in [6, 6.07) is 1.36. The standard InChI is InChI=1S/C15H20N2O/c1-2-7-14-13(6-1)16-15(18-14)10-17-11-4-3-5-12(17)9-8-11/h3-4,11-12H,1-2,5-10H2. The normalized spacial score (nSPS) is 30.7. The van der Waals surface area contributed by atoms with Crippen molar-refractivity contribution < 1.29 is 4.42 Å². The van der Waals surface area contributed by atoms with E-state index < -0.39 is 0 Å². The molecule has 18 heavy (non-hydrogen) atoms. The molecule has 0 saturated carbocycles. The van der Waals surface area contributed by atoms with Crippen molar-refractivity contribution in [1.29, 1.82) is 0 Å². The number of hydrogen-bond donors (Lipinski definition) is 0. The highest BCUT2D eigenvalue weighted by atomic mass is 16.4. The molecule has 1 aromatic rings. The fourth-order valence-electron chi connectivity index (χ4n) is 3.69. The quantitative estimate of drug-likeness (QED) is 0.749. The Kier molecular flexibility index (Phi) is 2.54. The third-order valence-electron chi connectivity index (χ3n) is 4.66. The van der Waals surface area contributed by atoms with Crippen molar-refractivity contribution in [2.45, 2.75) is 63.6 Å². The smallest absolute Gasteiger partial charge is 0.208 e. The van der Waals surface area contributed by atoms with E-state index in [-0.39, 0.29) is 0 Å². The Balaban J connectivity index is 1.54. The van der Waals surface area contributed by atoms with E-state index in [0.29, 0.717) is 6.04 Å². The highest BCUT2D eigenvalue weighted by Crippen LogP contribution is 2.33. The van der Waals surface area contributed by atoms with Gasteiger partial charge in [-0.1, -0.05) is 12.2 Å². The highest BCUT2D eigenvalue weighted by Gasteiger charge is 2.34. The molecule has 2 unspecified atom stereocenters. The van der Waals surface area contributed by atoms with E-state index in [9.17, 15) is 0 Å². The van der Waals surface area contributed by atoms with Crippen LogP contribution in [0.3, 0.4) is 0 Å². The van der Waals surface area contributed by atoms with Crippen LogP contribution in [0.2, 0.25) is 0 Å². The van der Waals surface area contributed by atoms with Crippen LogP contribution in [-0.2, 0) is 19.4 Å². The van der Waals surface area contributed by atoms with Crippen LogP contribution in [0.5, 0.6) is 0 Å². The van der Waals surface area contributed by atoms with E-state index >= 15 is 0 Å². The van der Waals surface area contributed by atoms with Gasteiger partial charge in [-0.3, -0.25) is 4.90 Å². The molecular weight excluding hydrogens is 224 g/mol. The molecule has 2 aliphatic heterocycles. The van der Waals surface area contributed by atoms with E-state index in [2.05, 4.69) is 17.1 Å². The summed E-state index contributed by atoms with van der Waals surface area (Å²) in [4.78, 5) is 7.29. The fourth-order valence-corrected chi connectivity index (χ4v) is 3.69. The second-order valence-corrected chi connectivity index (χ2v) is 5.82. The first-order valence-corrected chi connectivity index (χ1v) is 7.30. The molecule has 0 spiro atoms. The lowest BCUT2D eigenvalue weighted by Crippen LogP contribution is -2.36. The molecule has 4 rings (SSSR count). The van der Waals surface area contributed by atoms with Crippen molar-refractivity contribution in [3.05, 3.63) is 29.5 Å². The van der Waals surface area contributed by atoms with Gasteiger partial charge in [0.25, 0.3) is 0 Å². The molecule has 0 radical (unpaired) electrons. The average molecular weight is 244 g/mol. The molecule has 96 valence electrons. The van der Waals surface area contributed by atoms with Gasteiger partial charge in [0.15, 0.2) is 0 Å². The Morgan fingerprint density at radius 3 is 3.11 bits per heavy atom. The Hall–Kier alpha value is -1.09. The molecule has 1 aromatic heterocycles. The Bertz CT molecular complexity index is 453. The summed E-state index contributed by atoms with van der Waals surface area (Å²) in [7, 11) is 0. The highest BCUT2D eigenvalue weighted by molar-refractivity contribution is 5.14. The second-order valence-electron chi connectivity index (χ2n) is 5.82. The van der Waals surface area contributed by atoms with Crippen LogP contribution in [0.15, 0.2) is 16.6 Å². The monoisotopic (exact) mass is 244 g/mol. The van der Waals surface area contributed by atoms with E-state index in [0.717, 1.165) is 37.1 Å². The number of fused-ring (bicyclic) bond motifs is 3. The molecule has 0 amide bonds. The summed E-state index contributed by atoms with van der Waals surface area (Å²) >= 11 is 0. The Labute approximate surface area is 108 Å². The lowest BCUT2D eigenvalue weighted by Gasteiger charge is -2.29. The van der Waals surface area contributed by atoms with E-state index in [1.807, 2.05) is 0 Å². The van der Waals surface area contributed by atoms with Crippen LogP contribution in [0.1, 0.15) is 49.4 Å². The predicted molar refractivity (Wildman–Crippen MR) is 69.3 cm³/mol. The van der Waals surface area contributed by atoms with Gasteiger partial charge in [-0.2, -0.15) is 0 Å². The Morgan fingerprint density at radius 1 is 1.28 bits per heavy atom. The number of nitrogens with zero attached hydrogens (tertiary/aromatic N) is 2. The molecular formula is C15H20N2O. The summed E-state index contributed by atoms with van der Waals surface area (Å²) < 4.78 is 5.96. The van der Waals surface area contributed by atoms with Crippen molar-refractivity contribution >= 4 is 0 Å². The molecule has 3 heteroatoms. The number of aryl methyl sites for hydroxylation is 2. The molecule has 0 N–H and O–H groups in total. The maximum Gasteiger partial charge on any atom is 0.208 e. The number of aromatic nitrogens is 1. The third-order valence-corrected chi connectivity index (χ3v) is 4.66. The minimum atomic E-state index is 0.632. The molecule has 3 aliphatic rings. The first-order valence-electron chi connectivity index (χ1n) is 7.30. The lowest BCUT2D eigenvalue weighted by molar-refractivity contribution is 0.180. The summed E-state index contributed by atoms with van der Waals surface area (Å²) in [6.07, 6.45) is 13.3. The summed E-state index contributed by atoms with van der Waals surface area (Å²) in [5.74, 6) is 2.12. The zero-order chi connectivity index (χ0) is 11.9. The van der Waals surface area contributed by atoms with E-state index in [4.69, 9.17) is 9.40 Å². The maximum absolute atomic E-state index is 5.96. The van der Waals surface area contributed by atoms with Gasteiger partial charge in [0.1, 0.15) is 5.76 Å². The molecule has 1 aliphatic carbocycles. The van der Waals surface area contributed by atoms with E-state index in [1.165, 1.54) is 37.8 Å². The van der Waals surface area contributed by atoms with Crippen LogP contribution >= 0.6 is 0 Å². The van der Waals surface area contributed by atoms with Crippen LogP contribution in [0.25, 0.3) is 0 Å². The van der Waals surface area contributed by atoms with Gasteiger partial charge in [0.2, 0.25) is 5.89 Å². The molecule has 3 nitrogen and oxygen atoms in total. The minimum Gasteiger partial charge on any atom is -0.444 e. The average Bonchev–Trinajstić information content (AvgIpc) is 2.87. The van der Waals surface area contributed by atoms with Gasteiger partial charge < -0.3 is 4.42 Å². The molecule has 2 atom stereocenters. The number of rotatable bonds is 2. The molecule has 1 fully saturated rings. The van der Waals surface area contributed by atoms with Gasteiger partial charge in [-0.05, 0) is 38.5 Å². The van der Waals surface area contributed by atoms with Crippen LogP contribution < -0.4 is 0 Å². The maximum atomic E-state index is 5.96. The van der Waals surface area contributed by atoms with Crippen LogP contribution in [0.4, 0.5) is 0 Å². The first kappa shape index (κ1) is 10.8. The zero-order valence-corrected chi connectivity index (χ0v) is 10.8. The molecule has 0 aromatic carbocycles. The van der Waals surface area contributed by atoms with Gasteiger partial charge in [-0.15, -0.1) is 0 Å². The van der Waals surface area contributed by atoms with Crippen molar-refractivity contribution in [2.75, 3.05) is 0 Å². The van der Waals surface area contributed by atoms with Gasteiger partial charge in [0.05, 0.1) is 12.2 Å². The van der Waals surface area contributed by atoms with Crippen molar-refractivity contribution in [3.8, 4) is 0 Å². The largest absolute Gasteiger partial charge is 0.444 e.